The van der Waals surface area contributed by atoms with Crippen molar-refractivity contribution >= 4 is 50.9 Å². The van der Waals surface area contributed by atoms with E-state index in [1.165, 1.54) is 5.01 Å². The molecular weight excluding hydrogens is 364 g/mol. The van der Waals surface area contributed by atoms with Gasteiger partial charge >= 0.3 is 0 Å². The number of anilines is 1. The first-order valence-electron chi connectivity index (χ1n) is 6.67. The molecule has 22 heavy (non-hydrogen) atoms. The molecule has 1 amide bonds. The molecule has 0 spiro atoms. The van der Waals surface area contributed by atoms with Crippen molar-refractivity contribution in [2.24, 2.45) is 5.10 Å². The minimum absolute atomic E-state index is 0.134. The Hall–Kier alpha value is -1.91. The molecule has 5 heteroatoms. The van der Waals surface area contributed by atoms with Crippen LogP contribution in [0.25, 0.3) is 6.08 Å². The van der Waals surface area contributed by atoms with E-state index >= 15 is 0 Å². The maximum Gasteiger partial charge on any atom is 0.280 e. The number of hydrazone groups is 1. The lowest BCUT2D eigenvalue weighted by Crippen LogP contribution is -2.21. The first-order chi connectivity index (χ1) is 10.5. The predicted octanol–water partition coefficient (Wildman–Crippen LogP) is 4.91. The van der Waals surface area contributed by atoms with Gasteiger partial charge in [0.1, 0.15) is 0 Å². The lowest BCUT2D eigenvalue weighted by Gasteiger charge is -2.11. The van der Waals surface area contributed by atoms with Gasteiger partial charge in [-0.05, 0) is 48.9 Å². The first-order valence-corrected chi connectivity index (χ1v) is 7.84. The second-order valence-electron chi connectivity index (χ2n) is 4.89. The molecule has 0 aromatic heterocycles. The molecule has 1 aliphatic heterocycles. The Morgan fingerprint density at radius 3 is 2.59 bits per heavy atom. The molecule has 0 N–H and O–H groups in total. The Labute approximate surface area is 142 Å². The third-order valence-electron chi connectivity index (χ3n) is 3.30. The summed E-state index contributed by atoms with van der Waals surface area (Å²) in [5.41, 5.74) is 2.93. The highest BCUT2D eigenvalue weighted by molar-refractivity contribution is 9.10. The molecule has 110 valence electrons. The fourth-order valence-electron chi connectivity index (χ4n) is 2.19. The zero-order valence-electron chi connectivity index (χ0n) is 11.8. The molecule has 0 unspecified atom stereocenters. The number of hydrogen-bond donors (Lipinski definition) is 0. The Kier molecular flexibility index (Phi) is 4.14. The summed E-state index contributed by atoms with van der Waals surface area (Å²) >= 11 is 9.29. The molecule has 3 nitrogen and oxygen atoms in total. The molecule has 0 saturated heterocycles. The van der Waals surface area contributed by atoms with E-state index in [1.54, 1.807) is 12.1 Å². The number of rotatable bonds is 2. The highest BCUT2D eigenvalue weighted by Gasteiger charge is 2.28. The molecule has 0 atom stereocenters. The van der Waals surface area contributed by atoms with Gasteiger partial charge in [0.25, 0.3) is 5.91 Å². The van der Waals surface area contributed by atoms with Gasteiger partial charge in [0, 0.05) is 9.50 Å². The number of nitrogens with zero attached hydrogens (tertiary/aromatic N) is 2. The van der Waals surface area contributed by atoms with E-state index in [2.05, 4.69) is 21.0 Å². The van der Waals surface area contributed by atoms with Gasteiger partial charge in [0.2, 0.25) is 0 Å². The third kappa shape index (κ3) is 2.98. The highest BCUT2D eigenvalue weighted by atomic mass is 79.9. The molecule has 0 radical (unpaired) electrons. The van der Waals surface area contributed by atoms with Crippen molar-refractivity contribution in [3.05, 3.63) is 69.2 Å². The van der Waals surface area contributed by atoms with Crippen molar-refractivity contribution in [3.8, 4) is 0 Å². The standard InChI is InChI=1S/C17H12BrClN2O/c1-11-16(9-12-5-7-14(19)8-6-12)17(22)21(20-11)15-4-2-3-13(18)10-15/h2-10H,1H3/b16-9-. The number of benzene rings is 2. The Morgan fingerprint density at radius 2 is 1.91 bits per heavy atom. The fraction of sp³-hybridized carbons (Fsp3) is 0.0588. The van der Waals surface area contributed by atoms with Crippen molar-refractivity contribution < 1.29 is 4.79 Å². The van der Waals surface area contributed by atoms with Crippen LogP contribution in [0.4, 0.5) is 5.69 Å². The van der Waals surface area contributed by atoms with Crippen LogP contribution in [-0.4, -0.2) is 11.6 Å². The van der Waals surface area contributed by atoms with Crippen molar-refractivity contribution in [2.75, 3.05) is 5.01 Å². The van der Waals surface area contributed by atoms with Crippen molar-refractivity contribution in [2.45, 2.75) is 6.92 Å². The smallest absolute Gasteiger partial charge is 0.267 e. The van der Waals surface area contributed by atoms with Gasteiger partial charge in [0.05, 0.1) is 17.0 Å². The quantitative estimate of drug-likeness (QED) is 0.687. The summed E-state index contributed by atoms with van der Waals surface area (Å²) in [7, 11) is 0. The summed E-state index contributed by atoms with van der Waals surface area (Å²) in [4.78, 5) is 12.6. The summed E-state index contributed by atoms with van der Waals surface area (Å²) in [6.07, 6.45) is 1.83. The highest BCUT2D eigenvalue weighted by Crippen LogP contribution is 2.27. The van der Waals surface area contributed by atoms with Gasteiger partial charge < -0.3 is 0 Å². The van der Waals surface area contributed by atoms with E-state index in [0.717, 1.165) is 15.7 Å². The Morgan fingerprint density at radius 1 is 1.18 bits per heavy atom. The predicted molar refractivity (Wildman–Crippen MR) is 94.2 cm³/mol. The molecule has 1 aliphatic rings. The van der Waals surface area contributed by atoms with Crippen LogP contribution in [0.3, 0.4) is 0 Å². The van der Waals surface area contributed by atoms with Crippen molar-refractivity contribution in [3.63, 3.8) is 0 Å². The monoisotopic (exact) mass is 374 g/mol. The normalized spacial score (nSPS) is 16.3. The van der Waals surface area contributed by atoms with Gasteiger partial charge in [-0.2, -0.15) is 10.1 Å². The van der Waals surface area contributed by atoms with Gasteiger partial charge in [-0.25, -0.2) is 0 Å². The number of carbonyl (C=O) groups excluding carboxylic acids is 1. The van der Waals surface area contributed by atoms with E-state index in [9.17, 15) is 4.79 Å². The minimum atomic E-state index is -0.134. The van der Waals surface area contributed by atoms with Crippen molar-refractivity contribution in [1.82, 2.24) is 0 Å². The lowest BCUT2D eigenvalue weighted by molar-refractivity contribution is -0.114. The zero-order valence-corrected chi connectivity index (χ0v) is 14.1. The lowest BCUT2D eigenvalue weighted by atomic mass is 10.1. The maximum absolute atomic E-state index is 12.6. The summed E-state index contributed by atoms with van der Waals surface area (Å²) in [5.74, 6) is -0.134. The second-order valence-corrected chi connectivity index (χ2v) is 6.24. The van der Waals surface area contributed by atoms with Crippen LogP contribution in [0.5, 0.6) is 0 Å². The fourth-order valence-corrected chi connectivity index (χ4v) is 2.71. The molecule has 2 aromatic rings. The van der Waals surface area contributed by atoms with Crippen LogP contribution >= 0.6 is 27.5 Å². The molecule has 3 rings (SSSR count). The average molecular weight is 376 g/mol. The first kappa shape index (κ1) is 15.0. The summed E-state index contributed by atoms with van der Waals surface area (Å²) in [6.45, 7) is 1.83. The summed E-state index contributed by atoms with van der Waals surface area (Å²) in [5, 5.41) is 6.45. The minimum Gasteiger partial charge on any atom is -0.267 e. The third-order valence-corrected chi connectivity index (χ3v) is 4.04. The summed E-state index contributed by atoms with van der Waals surface area (Å²) in [6, 6.07) is 14.8. The van der Waals surface area contributed by atoms with Crippen LogP contribution in [0.1, 0.15) is 12.5 Å². The van der Waals surface area contributed by atoms with Gasteiger partial charge in [-0.1, -0.05) is 45.7 Å². The van der Waals surface area contributed by atoms with Crippen molar-refractivity contribution in [1.29, 1.82) is 0 Å². The molecule has 0 aliphatic carbocycles. The van der Waals surface area contributed by atoms with E-state index in [0.29, 0.717) is 16.3 Å². The van der Waals surface area contributed by atoms with Gasteiger partial charge in [-0.3, -0.25) is 4.79 Å². The number of halogens is 2. The number of hydrogen-bond acceptors (Lipinski definition) is 2. The van der Waals surface area contributed by atoms with E-state index in [1.807, 2.05) is 49.4 Å². The molecule has 0 bridgehead atoms. The zero-order chi connectivity index (χ0) is 15.7. The number of carbonyl (C=O) groups is 1. The van der Waals surface area contributed by atoms with Crippen LogP contribution < -0.4 is 5.01 Å². The van der Waals surface area contributed by atoms with E-state index < -0.39 is 0 Å². The Bertz CT molecular complexity index is 797. The topological polar surface area (TPSA) is 32.7 Å². The van der Waals surface area contributed by atoms with Crippen LogP contribution in [0.15, 0.2) is 63.7 Å². The van der Waals surface area contributed by atoms with Gasteiger partial charge in [0.15, 0.2) is 0 Å². The molecular formula is C17H12BrClN2O. The number of amides is 1. The second kappa shape index (κ2) is 6.07. The van der Waals surface area contributed by atoms with Crippen LogP contribution in [-0.2, 0) is 4.79 Å². The maximum atomic E-state index is 12.6. The van der Waals surface area contributed by atoms with E-state index in [-0.39, 0.29) is 5.91 Å². The largest absolute Gasteiger partial charge is 0.280 e. The molecule has 0 fully saturated rings. The Balaban J connectivity index is 1.94. The molecule has 2 aromatic carbocycles. The summed E-state index contributed by atoms with van der Waals surface area (Å²) < 4.78 is 0.904. The van der Waals surface area contributed by atoms with E-state index in [4.69, 9.17) is 11.6 Å². The van der Waals surface area contributed by atoms with Crippen LogP contribution in [0.2, 0.25) is 5.02 Å². The average Bonchev–Trinajstić information content (AvgIpc) is 2.77. The van der Waals surface area contributed by atoms with Crippen LogP contribution in [0, 0.1) is 0 Å². The SMILES string of the molecule is CC1=NN(c2cccc(Br)c2)C(=O)/C1=C\c1ccc(Cl)cc1. The van der Waals surface area contributed by atoms with Gasteiger partial charge in [-0.15, -0.1) is 0 Å². The molecule has 0 saturated carbocycles. The molecule has 1 heterocycles.